The molecule has 0 aliphatic carbocycles. The molecule has 4 atom stereocenters. The minimum atomic E-state index is -1.37. The zero-order chi connectivity index (χ0) is 24.3. The van der Waals surface area contributed by atoms with Crippen molar-refractivity contribution in [1.29, 1.82) is 0 Å². The second kappa shape index (κ2) is 9.79. The van der Waals surface area contributed by atoms with Gasteiger partial charge in [-0.2, -0.15) is 4.98 Å². The van der Waals surface area contributed by atoms with E-state index in [-0.39, 0.29) is 6.61 Å². The lowest BCUT2D eigenvalue weighted by Gasteiger charge is -2.29. The smallest absolute Gasteiger partial charge is 0.349 e. The number of alkyl halides is 1. The van der Waals surface area contributed by atoms with Crippen molar-refractivity contribution in [3.05, 3.63) is 100 Å². The standard InChI is InChI=1S/C25H23ClN2O6/c1-16-13-14-28(24(31)27-16)23-25(2,26)20(34-22(30)18-11-7-4-8-12-18)19(33-23)15-32-21(29)17-9-5-3-6-10-17/h3-14,19-20,23H,15H2,1-2H3/t19-,20-,23-,25-/m1/s1. The Labute approximate surface area is 201 Å². The Kier molecular flexibility index (Phi) is 6.81. The average Bonchev–Trinajstić information content (AvgIpc) is 3.08. The second-order valence-electron chi connectivity index (χ2n) is 8.09. The van der Waals surface area contributed by atoms with Gasteiger partial charge in [0, 0.05) is 11.9 Å². The number of rotatable bonds is 6. The fraction of sp³-hybridized carbons (Fsp3) is 0.280. The van der Waals surface area contributed by atoms with E-state index in [0.717, 1.165) is 0 Å². The van der Waals surface area contributed by atoms with Crippen molar-refractivity contribution < 1.29 is 23.8 Å². The number of halogens is 1. The van der Waals surface area contributed by atoms with Crippen LogP contribution in [0.2, 0.25) is 0 Å². The van der Waals surface area contributed by atoms with Crippen molar-refractivity contribution in [1.82, 2.24) is 9.55 Å². The molecule has 2 aromatic carbocycles. The van der Waals surface area contributed by atoms with Crippen molar-refractivity contribution in [2.75, 3.05) is 6.61 Å². The molecule has 0 bridgehead atoms. The van der Waals surface area contributed by atoms with Gasteiger partial charge in [-0.3, -0.25) is 4.57 Å². The predicted octanol–water partition coefficient (Wildman–Crippen LogP) is 3.53. The van der Waals surface area contributed by atoms with E-state index in [1.54, 1.807) is 80.6 Å². The highest BCUT2D eigenvalue weighted by Crippen LogP contribution is 2.44. The molecule has 0 saturated carbocycles. The third-order valence-electron chi connectivity index (χ3n) is 5.53. The van der Waals surface area contributed by atoms with E-state index in [2.05, 4.69) is 4.98 Å². The number of carbonyl (C=O) groups is 2. The van der Waals surface area contributed by atoms with Gasteiger partial charge in [0.25, 0.3) is 0 Å². The first-order valence-corrected chi connectivity index (χ1v) is 11.0. The maximum atomic E-state index is 12.8. The Morgan fingerprint density at radius 1 is 1.03 bits per heavy atom. The van der Waals surface area contributed by atoms with Gasteiger partial charge >= 0.3 is 17.6 Å². The first-order chi connectivity index (χ1) is 16.3. The third-order valence-corrected chi connectivity index (χ3v) is 5.94. The highest BCUT2D eigenvalue weighted by molar-refractivity contribution is 6.24. The lowest BCUT2D eigenvalue weighted by atomic mass is 10.0. The monoisotopic (exact) mass is 482 g/mol. The van der Waals surface area contributed by atoms with Gasteiger partial charge in [-0.1, -0.05) is 36.4 Å². The first kappa shape index (κ1) is 23.7. The van der Waals surface area contributed by atoms with Crippen LogP contribution in [0.25, 0.3) is 0 Å². The van der Waals surface area contributed by atoms with Crippen molar-refractivity contribution in [3.8, 4) is 0 Å². The summed E-state index contributed by atoms with van der Waals surface area (Å²) in [5, 5.41) is 0. The van der Waals surface area contributed by atoms with Gasteiger partial charge in [0.1, 0.15) is 17.6 Å². The summed E-state index contributed by atoms with van der Waals surface area (Å²) < 4.78 is 18.5. The fourth-order valence-corrected chi connectivity index (χ4v) is 4.12. The van der Waals surface area contributed by atoms with Gasteiger partial charge < -0.3 is 14.2 Å². The molecule has 0 unspecified atom stereocenters. The van der Waals surface area contributed by atoms with E-state index < -0.39 is 40.9 Å². The number of aromatic nitrogens is 2. The number of carbonyl (C=O) groups excluding carboxylic acids is 2. The summed E-state index contributed by atoms with van der Waals surface area (Å²) in [5.41, 5.74) is 0.665. The Hall–Kier alpha value is -3.49. The van der Waals surface area contributed by atoms with E-state index in [4.69, 9.17) is 25.8 Å². The summed E-state index contributed by atoms with van der Waals surface area (Å²) in [7, 11) is 0. The molecule has 9 heteroatoms. The van der Waals surface area contributed by atoms with E-state index in [0.29, 0.717) is 16.8 Å². The Bertz CT molecular complexity index is 1230. The van der Waals surface area contributed by atoms with Crippen molar-refractivity contribution in [3.63, 3.8) is 0 Å². The van der Waals surface area contributed by atoms with Crippen LogP contribution in [-0.2, 0) is 14.2 Å². The van der Waals surface area contributed by atoms with Crippen LogP contribution in [0.1, 0.15) is 39.6 Å². The maximum Gasteiger partial charge on any atom is 0.349 e. The van der Waals surface area contributed by atoms with Gasteiger partial charge in [0.05, 0.1) is 11.1 Å². The van der Waals surface area contributed by atoms with Gasteiger partial charge in [-0.05, 0) is 44.2 Å². The molecule has 0 spiro atoms. The van der Waals surface area contributed by atoms with Gasteiger partial charge in [0.15, 0.2) is 12.3 Å². The summed E-state index contributed by atoms with van der Waals surface area (Å²) in [6.45, 7) is 3.05. The normalized spacial score (nSPS) is 23.9. The van der Waals surface area contributed by atoms with Gasteiger partial charge in [-0.25, -0.2) is 14.4 Å². The molecule has 176 valence electrons. The molecule has 8 nitrogen and oxygen atoms in total. The Morgan fingerprint density at radius 2 is 1.62 bits per heavy atom. The highest BCUT2D eigenvalue weighted by Gasteiger charge is 2.56. The summed E-state index contributed by atoms with van der Waals surface area (Å²) in [6, 6.07) is 18.5. The molecule has 1 fully saturated rings. The molecule has 4 rings (SSSR count). The predicted molar refractivity (Wildman–Crippen MR) is 124 cm³/mol. The fourth-order valence-electron chi connectivity index (χ4n) is 3.78. The molecule has 3 aromatic rings. The van der Waals surface area contributed by atoms with E-state index in [9.17, 15) is 14.4 Å². The molecule has 2 heterocycles. The highest BCUT2D eigenvalue weighted by atomic mass is 35.5. The number of hydrogen-bond donors (Lipinski definition) is 0. The zero-order valence-electron chi connectivity index (χ0n) is 18.6. The number of nitrogens with zero attached hydrogens (tertiary/aromatic N) is 2. The number of benzene rings is 2. The van der Waals surface area contributed by atoms with Crippen LogP contribution in [0.4, 0.5) is 0 Å². The van der Waals surface area contributed by atoms with Crippen LogP contribution >= 0.6 is 11.6 Å². The molecule has 34 heavy (non-hydrogen) atoms. The van der Waals surface area contributed by atoms with Crippen LogP contribution in [0.5, 0.6) is 0 Å². The molecule has 1 aliphatic heterocycles. The van der Waals surface area contributed by atoms with E-state index in [1.807, 2.05) is 0 Å². The minimum absolute atomic E-state index is 0.243. The van der Waals surface area contributed by atoms with Crippen molar-refractivity contribution in [2.45, 2.75) is 37.2 Å². The molecular formula is C25H23ClN2O6. The van der Waals surface area contributed by atoms with Crippen LogP contribution in [0.15, 0.2) is 77.7 Å². The molecule has 1 aromatic heterocycles. The second-order valence-corrected chi connectivity index (χ2v) is 8.91. The number of esters is 2. The molecule has 0 radical (unpaired) electrons. The Balaban J connectivity index is 1.61. The molecular weight excluding hydrogens is 460 g/mol. The van der Waals surface area contributed by atoms with E-state index in [1.165, 1.54) is 10.8 Å². The van der Waals surface area contributed by atoms with Crippen LogP contribution < -0.4 is 5.69 Å². The number of aryl methyl sites for hydroxylation is 1. The Morgan fingerprint density at radius 3 is 2.21 bits per heavy atom. The number of hydrogen-bond acceptors (Lipinski definition) is 7. The molecule has 0 amide bonds. The van der Waals surface area contributed by atoms with Crippen molar-refractivity contribution in [2.24, 2.45) is 0 Å². The number of ether oxygens (including phenoxy) is 3. The van der Waals surface area contributed by atoms with Crippen molar-refractivity contribution >= 4 is 23.5 Å². The molecule has 1 aliphatic rings. The first-order valence-electron chi connectivity index (χ1n) is 10.7. The summed E-state index contributed by atoms with van der Waals surface area (Å²) in [4.78, 5) is 40.4. The van der Waals surface area contributed by atoms with Crippen LogP contribution in [-0.4, -0.2) is 45.2 Å². The summed E-state index contributed by atoms with van der Waals surface area (Å²) >= 11 is 6.87. The van der Waals surface area contributed by atoms with Gasteiger partial charge in [-0.15, -0.1) is 11.6 Å². The molecule has 1 saturated heterocycles. The maximum absolute atomic E-state index is 12.8. The quantitative estimate of drug-likeness (QED) is 0.391. The minimum Gasteiger partial charge on any atom is -0.459 e. The lowest BCUT2D eigenvalue weighted by molar-refractivity contribution is -0.0585. The lowest BCUT2D eigenvalue weighted by Crippen LogP contribution is -2.45. The largest absolute Gasteiger partial charge is 0.459 e. The average molecular weight is 483 g/mol. The van der Waals surface area contributed by atoms with Crippen LogP contribution in [0.3, 0.4) is 0 Å². The summed E-state index contributed by atoms with van der Waals surface area (Å²) in [5.74, 6) is -1.18. The van der Waals surface area contributed by atoms with Crippen LogP contribution in [0, 0.1) is 6.92 Å². The topological polar surface area (TPSA) is 96.7 Å². The molecule has 0 N–H and O–H groups in total. The van der Waals surface area contributed by atoms with E-state index >= 15 is 0 Å². The third kappa shape index (κ3) is 4.88. The summed E-state index contributed by atoms with van der Waals surface area (Å²) in [6.07, 6.45) is -1.47. The SMILES string of the molecule is Cc1ccn([C@@H]2O[C@H](COC(=O)c3ccccc3)[C@@H](OC(=O)c3ccccc3)[C@@]2(C)Cl)c(=O)n1. The van der Waals surface area contributed by atoms with Gasteiger partial charge in [0.2, 0.25) is 0 Å². The zero-order valence-corrected chi connectivity index (χ0v) is 19.3.